The largest absolute Gasteiger partial charge is 0.393 e. The molecule has 0 aliphatic heterocycles. The molecule has 0 radical (unpaired) electrons. The van der Waals surface area contributed by atoms with E-state index in [0.29, 0.717) is 5.41 Å². The summed E-state index contributed by atoms with van der Waals surface area (Å²) < 4.78 is 0. The summed E-state index contributed by atoms with van der Waals surface area (Å²) >= 11 is 0. The zero-order valence-electron chi connectivity index (χ0n) is 11.9. The van der Waals surface area contributed by atoms with Crippen molar-refractivity contribution in [1.29, 1.82) is 0 Å². The third-order valence-corrected chi connectivity index (χ3v) is 3.82. The number of unbranched alkanes of at least 4 members (excludes halogenated alkanes) is 4. The van der Waals surface area contributed by atoms with Crippen molar-refractivity contribution >= 4 is 0 Å². The molecule has 1 N–H and O–H groups in total. The molecular formula is C15H32O. The van der Waals surface area contributed by atoms with Gasteiger partial charge in [0.1, 0.15) is 0 Å². The Morgan fingerprint density at radius 3 is 2.06 bits per heavy atom. The molecule has 0 bridgehead atoms. The molecule has 1 nitrogen and oxygen atoms in total. The van der Waals surface area contributed by atoms with Crippen LogP contribution in [-0.2, 0) is 0 Å². The van der Waals surface area contributed by atoms with E-state index in [9.17, 15) is 5.11 Å². The minimum Gasteiger partial charge on any atom is -0.393 e. The van der Waals surface area contributed by atoms with Gasteiger partial charge in [-0.15, -0.1) is 0 Å². The molecule has 0 aromatic rings. The van der Waals surface area contributed by atoms with E-state index in [1.165, 1.54) is 44.9 Å². The molecule has 1 atom stereocenters. The van der Waals surface area contributed by atoms with Crippen molar-refractivity contribution in [2.24, 2.45) is 5.41 Å². The highest BCUT2D eigenvalue weighted by Gasteiger charge is 2.13. The van der Waals surface area contributed by atoms with E-state index in [1.807, 2.05) is 0 Å². The average Bonchev–Trinajstić information content (AvgIpc) is 2.27. The molecule has 0 saturated carbocycles. The first-order valence-corrected chi connectivity index (χ1v) is 7.20. The second kappa shape index (κ2) is 9.04. The van der Waals surface area contributed by atoms with Crippen molar-refractivity contribution in [2.45, 2.75) is 91.6 Å². The van der Waals surface area contributed by atoms with Crippen molar-refractivity contribution in [1.82, 2.24) is 0 Å². The predicted molar refractivity (Wildman–Crippen MR) is 72.7 cm³/mol. The second-order valence-electron chi connectivity index (χ2n) is 5.89. The van der Waals surface area contributed by atoms with Crippen LogP contribution in [0.4, 0.5) is 0 Å². The molecule has 0 heterocycles. The lowest BCUT2D eigenvalue weighted by atomic mass is 9.84. The Morgan fingerprint density at radius 2 is 1.50 bits per heavy atom. The van der Waals surface area contributed by atoms with E-state index >= 15 is 0 Å². The van der Waals surface area contributed by atoms with Crippen LogP contribution in [0, 0.1) is 5.41 Å². The fourth-order valence-corrected chi connectivity index (χ4v) is 1.89. The van der Waals surface area contributed by atoms with Crippen LogP contribution in [0.15, 0.2) is 0 Å². The highest BCUT2D eigenvalue weighted by molar-refractivity contribution is 4.65. The molecule has 1 heteroatoms. The zero-order valence-corrected chi connectivity index (χ0v) is 11.9. The molecule has 1 unspecified atom stereocenters. The van der Waals surface area contributed by atoms with Gasteiger partial charge >= 0.3 is 0 Å². The van der Waals surface area contributed by atoms with Gasteiger partial charge in [-0.3, -0.25) is 0 Å². The summed E-state index contributed by atoms with van der Waals surface area (Å²) in [5, 5.41) is 9.40. The van der Waals surface area contributed by atoms with Gasteiger partial charge in [0.2, 0.25) is 0 Å². The van der Waals surface area contributed by atoms with Gasteiger partial charge in [0.25, 0.3) is 0 Å². The van der Waals surface area contributed by atoms with E-state index in [1.54, 1.807) is 0 Å². The van der Waals surface area contributed by atoms with Gasteiger partial charge in [0.15, 0.2) is 0 Å². The third kappa shape index (κ3) is 9.21. The van der Waals surface area contributed by atoms with E-state index in [4.69, 9.17) is 0 Å². The van der Waals surface area contributed by atoms with Crippen molar-refractivity contribution in [3.8, 4) is 0 Å². The molecule has 0 spiro atoms. The van der Waals surface area contributed by atoms with Gasteiger partial charge in [-0.25, -0.2) is 0 Å². The van der Waals surface area contributed by atoms with Crippen LogP contribution in [0.5, 0.6) is 0 Å². The van der Waals surface area contributed by atoms with Gasteiger partial charge in [-0.1, -0.05) is 66.2 Å². The molecule has 98 valence electrons. The van der Waals surface area contributed by atoms with Crippen molar-refractivity contribution in [2.75, 3.05) is 0 Å². The SMILES string of the molecule is CCC(O)CCCCCCCC(C)(C)CC. The molecule has 0 aromatic carbocycles. The zero-order chi connectivity index (χ0) is 12.4. The Labute approximate surface area is 103 Å². The number of aliphatic hydroxyl groups is 1. The van der Waals surface area contributed by atoms with E-state index < -0.39 is 0 Å². The van der Waals surface area contributed by atoms with Crippen LogP contribution in [0.2, 0.25) is 0 Å². The molecule has 0 aliphatic carbocycles. The molecule has 0 amide bonds. The summed E-state index contributed by atoms with van der Waals surface area (Å²) in [5.41, 5.74) is 0.540. The summed E-state index contributed by atoms with van der Waals surface area (Å²) in [7, 11) is 0. The normalized spacial score (nSPS) is 14.1. The monoisotopic (exact) mass is 228 g/mol. The Bertz CT molecular complexity index is 152. The van der Waals surface area contributed by atoms with Gasteiger partial charge in [-0.05, 0) is 24.7 Å². The van der Waals surface area contributed by atoms with Crippen LogP contribution in [0.3, 0.4) is 0 Å². The Kier molecular flexibility index (Phi) is 9.02. The highest BCUT2D eigenvalue weighted by atomic mass is 16.3. The molecule has 0 aliphatic rings. The number of rotatable bonds is 10. The first-order chi connectivity index (χ1) is 7.52. The van der Waals surface area contributed by atoms with Crippen LogP contribution in [-0.4, -0.2) is 11.2 Å². The fourth-order valence-electron chi connectivity index (χ4n) is 1.89. The molecular weight excluding hydrogens is 196 g/mol. The topological polar surface area (TPSA) is 20.2 Å². The average molecular weight is 228 g/mol. The van der Waals surface area contributed by atoms with Crippen LogP contribution in [0.25, 0.3) is 0 Å². The van der Waals surface area contributed by atoms with Gasteiger partial charge < -0.3 is 5.11 Å². The van der Waals surface area contributed by atoms with Crippen molar-refractivity contribution in [3.05, 3.63) is 0 Å². The lowest BCUT2D eigenvalue weighted by Gasteiger charge is -2.22. The lowest BCUT2D eigenvalue weighted by molar-refractivity contribution is 0.156. The maximum Gasteiger partial charge on any atom is 0.0537 e. The van der Waals surface area contributed by atoms with E-state index in [-0.39, 0.29) is 6.10 Å². The highest BCUT2D eigenvalue weighted by Crippen LogP contribution is 2.27. The maximum absolute atomic E-state index is 9.40. The van der Waals surface area contributed by atoms with Crippen LogP contribution in [0.1, 0.15) is 85.5 Å². The molecule has 16 heavy (non-hydrogen) atoms. The molecule has 0 aromatic heterocycles. The first-order valence-electron chi connectivity index (χ1n) is 7.20. The molecule has 0 fully saturated rings. The predicted octanol–water partition coefficient (Wildman–Crippen LogP) is 4.92. The smallest absolute Gasteiger partial charge is 0.0537 e. The van der Waals surface area contributed by atoms with Crippen molar-refractivity contribution in [3.63, 3.8) is 0 Å². The first kappa shape index (κ1) is 16.0. The maximum atomic E-state index is 9.40. The number of hydrogen-bond acceptors (Lipinski definition) is 1. The summed E-state index contributed by atoms with van der Waals surface area (Å²) in [6.07, 6.45) is 11.1. The van der Waals surface area contributed by atoms with Gasteiger partial charge in [0, 0.05) is 0 Å². The Hall–Kier alpha value is -0.0400. The summed E-state index contributed by atoms with van der Waals surface area (Å²) in [4.78, 5) is 0. The summed E-state index contributed by atoms with van der Waals surface area (Å²) in [6.45, 7) is 9.07. The second-order valence-corrected chi connectivity index (χ2v) is 5.89. The molecule has 0 saturated heterocycles. The standard InChI is InChI=1S/C15H32O/c1-5-14(16)12-10-8-7-9-11-13-15(3,4)6-2/h14,16H,5-13H2,1-4H3. The van der Waals surface area contributed by atoms with Crippen LogP contribution < -0.4 is 0 Å². The minimum atomic E-state index is -0.0565. The third-order valence-electron chi connectivity index (χ3n) is 3.82. The quantitative estimate of drug-likeness (QED) is 0.526. The van der Waals surface area contributed by atoms with Gasteiger partial charge in [-0.2, -0.15) is 0 Å². The van der Waals surface area contributed by atoms with E-state index in [0.717, 1.165) is 12.8 Å². The molecule has 0 rings (SSSR count). The summed E-state index contributed by atoms with van der Waals surface area (Å²) in [5.74, 6) is 0. The van der Waals surface area contributed by atoms with Gasteiger partial charge in [0.05, 0.1) is 6.10 Å². The Balaban J connectivity index is 3.22. The van der Waals surface area contributed by atoms with E-state index in [2.05, 4.69) is 27.7 Å². The summed E-state index contributed by atoms with van der Waals surface area (Å²) in [6, 6.07) is 0. The number of hydrogen-bond donors (Lipinski definition) is 1. The fraction of sp³-hybridized carbons (Fsp3) is 1.00. The number of aliphatic hydroxyl groups excluding tert-OH is 1. The Morgan fingerprint density at radius 1 is 0.938 bits per heavy atom. The lowest BCUT2D eigenvalue weighted by Crippen LogP contribution is -2.08. The minimum absolute atomic E-state index is 0.0565. The van der Waals surface area contributed by atoms with Crippen molar-refractivity contribution < 1.29 is 5.11 Å². The van der Waals surface area contributed by atoms with Crippen LogP contribution >= 0.6 is 0 Å².